The van der Waals surface area contributed by atoms with E-state index in [0.29, 0.717) is 0 Å². The summed E-state index contributed by atoms with van der Waals surface area (Å²) >= 11 is 7.71. The Kier molecular flexibility index (Phi) is 9.61. The maximum atomic E-state index is 11.9. The van der Waals surface area contributed by atoms with E-state index in [4.69, 9.17) is 15.9 Å². The molecule has 0 bridgehead atoms. The normalized spacial score (nSPS) is 14.5. The van der Waals surface area contributed by atoms with Crippen LogP contribution in [0.1, 0.15) is 12.8 Å². The average Bonchev–Trinajstić information content (AvgIpc) is 2.46. The molecule has 0 fully saturated rings. The van der Waals surface area contributed by atoms with Crippen LogP contribution in [-0.4, -0.2) is 63.6 Å². The summed E-state index contributed by atoms with van der Waals surface area (Å²) < 4.78 is 0. The maximum absolute atomic E-state index is 11.9. The van der Waals surface area contributed by atoms with Gasteiger partial charge in [0.05, 0.1) is 6.04 Å². The van der Waals surface area contributed by atoms with E-state index in [1.54, 1.807) is 0 Å². The van der Waals surface area contributed by atoms with Gasteiger partial charge < -0.3 is 26.6 Å². The molecule has 0 aliphatic carbocycles. The zero-order valence-electron chi connectivity index (χ0n) is 11.6. The van der Waals surface area contributed by atoms with Crippen LogP contribution in [0.4, 0.5) is 0 Å². The van der Waals surface area contributed by atoms with Crippen molar-refractivity contribution in [1.82, 2.24) is 10.6 Å². The van der Waals surface area contributed by atoms with Gasteiger partial charge in [-0.3, -0.25) is 14.4 Å². The van der Waals surface area contributed by atoms with E-state index >= 15 is 0 Å². The molecule has 0 rings (SSSR count). The first kappa shape index (κ1) is 20.5. The Labute approximate surface area is 137 Å². The zero-order valence-corrected chi connectivity index (χ0v) is 13.3. The van der Waals surface area contributed by atoms with Crippen LogP contribution in [0, 0.1) is 0 Å². The largest absolute Gasteiger partial charge is 0.481 e. The SMILES string of the molecule is N[C@@H](CCC(=O)O)C(=O)N[C@@H](CS)C(=O)N[C@@H](CS)C(=O)O. The summed E-state index contributed by atoms with van der Waals surface area (Å²) in [4.78, 5) is 44.8. The lowest BCUT2D eigenvalue weighted by atomic mass is 10.1. The average molecular weight is 353 g/mol. The van der Waals surface area contributed by atoms with Crippen molar-refractivity contribution >= 4 is 49.0 Å². The second-order valence-electron chi connectivity index (χ2n) is 4.36. The van der Waals surface area contributed by atoms with Crippen LogP contribution >= 0.6 is 25.3 Å². The number of hydrogen-bond donors (Lipinski definition) is 7. The molecule has 11 heteroatoms. The molecule has 0 aromatic heterocycles. The summed E-state index contributed by atoms with van der Waals surface area (Å²) in [7, 11) is 0. The molecule has 0 aromatic carbocycles. The lowest BCUT2D eigenvalue weighted by Gasteiger charge is -2.20. The van der Waals surface area contributed by atoms with Gasteiger partial charge in [-0.05, 0) is 6.42 Å². The van der Waals surface area contributed by atoms with E-state index in [0.717, 1.165) is 0 Å². The highest BCUT2D eigenvalue weighted by atomic mass is 32.1. The summed E-state index contributed by atoms with van der Waals surface area (Å²) in [6.07, 6.45) is -0.371. The smallest absolute Gasteiger partial charge is 0.327 e. The molecule has 22 heavy (non-hydrogen) atoms. The van der Waals surface area contributed by atoms with Crippen LogP contribution in [0.3, 0.4) is 0 Å². The second-order valence-corrected chi connectivity index (χ2v) is 5.09. The van der Waals surface area contributed by atoms with Gasteiger partial charge in [-0.2, -0.15) is 25.3 Å². The van der Waals surface area contributed by atoms with Gasteiger partial charge in [0.2, 0.25) is 11.8 Å². The highest BCUT2D eigenvalue weighted by Gasteiger charge is 2.26. The third-order valence-electron chi connectivity index (χ3n) is 2.62. The maximum Gasteiger partial charge on any atom is 0.327 e. The Hall–Kier alpha value is -1.46. The minimum Gasteiger partial charge on any atom is -0.481 e. The van der Waals surface area contributed by atoms with Gasteiger partial charge in [0, 0.05) is 17.9 Å². The molecule has 9 nitrogen and oxygen atoms in total. The molecule has 0 radical (unpaired) electrons. The Bertz CT molecular complexity index is 434. The first-order valence-corrected chi connectivity index (χ1v) is 7.52. The number of carboxylic acids is 2. The van der Waals surface area contributed by atoms with Gasteiger partial charge in [-0.15, -0.1) is 0 Å². The number of carbonyl (C=O) groups excluding carboxylic acids is 2. The number of rotatable bonds is 10. The number of aliphatic carboxylic acids is 2. The van der Waals surface area contributed by atoms with Crippen molar-refractivity contribution in [2.45, 2.75) is 31.0 Å². The summed E-state index contributed by atoms with van der Waals surface area (Å²) in [5.41, 5.74) is 5.51. The quantitative estimate of drug-likeness (QED) is 0.226. The van der Waals surface area contributed by atoms with Crippen molar-refractivity contribution < 1.29 is 29.4 Å². The van der Waals surface area contributed by atoms with E-state index in [1.165, 1.54) is 0 Å². The Morgan fingerprint density at radius 3 is 1.86 bits per heavy atom. The molecular formula is C11H19N3O6S2. The lowest BCUT2D eigenvalue weighted by molar-refractivity contribution is -0.141. The zero-order chi connectivity index (χ0) is 17.3. The Morgan fingerprint density at radius 1 is 0.955 bits per heavy atom. The van der Waals surface area contributed by atoms with Crippen LogP contribution < -0.4 is 16.4 Å². The molecule has 0 unspecified atom stereocenters. The predicted molar refractivity (Wildman–Crippen MR) is 84.0 cm³/mol. The summed E-state index contributed by atoms with van der Waals surface area (Å²) in [5.74, 6) is -4.01. The molecule has 0 aromatic rings. The fourth-order valence-electron chi connectivity index (χ4n) is 1.34. The topological polar surface area (TPSA) is 159 Å². The monoisotopic (exact) mass is 353 g/mol. The summed E-state index contributed by atoms with van der Waals surface area (Å²) in [6.45, 7) is 0. The molecule has 3 atom stereocenters. The molecule has 0 heterocycles. The van der Waals surface area contributed by atoms with Crippen molar-refractivity contribution in [1.29, 1.82) is 0 Å². The molecule has 126 valence electrons. The van der Waals surface area contributed by atoms with Crippen molar-refractivity contribution in [3.8, 4) is 0 Å². The number of amides is 2. The Morgan fingerprint density at radius 2 is 1.45 bits per heavy atom. The van der Waals surface area contributed by atoms with E-state index in [1.807, 2.05) is 0 Å². The molecular weight excluding hydrogens is 334 g/mol. The van der Waals surface area contributed by atoms with E-state index in [9.17, 15) is 19.2 Å². The first-order chi connectivity index (χ1) is 10.2. The number of hydrogen-bond acceptors (Lipinski definition) is 7. The third kappa shape index (κ3) is 7.52. The molecule has 0 saturated carbocycles. The van der Waals surface area contributed by atoms with E-state index in [-0.39, 0.29) is 24.3 Å². The summed E-state index contributed by atoms with van der Waals surface area (Å²) in [6, 6.07) is -3.38. The molecule has 0 aliphatic heterocycles. The number of carboxylic acid groups (broad SMARTS) is 2. The van der Waals surface area contributed by atoms with Crippen molar-refractivity contribution in [3.63, 3.8) is 0 Å². The van der Waals surface area contributed by atoms with Crippen LogP contribution in [0.15, 0.2) is 0 Å². The number of carbonyl (C=O) groups is 4. The predicted octanol–water partition coefficient (Wildman–Crippen LogP) is -1.91. The second kappa shape index (κ2) is 10.3. The highest BCUT2D eigenvalue weighted by molar-refractivity contribution is 7.80. The van der Waals surface area contributed by atoms with Gasteiger partial charge in [-0.1, -0.05) is 0 Å². The van der Waals surface area contributed by atoms with Crippen molar-refractivity contribution in [2.75, 3.05) is 11.5 Å². The van der Waals surface area contributed by atoms with Crippen LogP contribution in [0.25, 0.3) is 0 Å². The molecule has 2 amide bonds. The van der Waals surface area contributed by atoms with Gasteiger partial charge in [0.25, 0.3) is 0 Å². The van der Waals surface area contributed by atoms with Crippen molar-refractivity contribution in [3.05, 3.63) is 0 Å². The number of thiol groups is 2. The number of nitrogens with one attached hydrogen (secondary N) is 2. The molecule has 6 N–H and O–H groups in total. The van der Waals surface area contributed by atoms with Gasteiger partial charge in [0.15, 0.2) is 0 Å². The molecule has 0 saturated heterocycles. The highest BCUT2D eigenvalue weighted by Crippen LogP contribution is 1.98. The van der Waals surface area contributed by atoms with E-state index in [2.05, 4.69) is 35.9 Å². The van der Waals surface area contributed by atoms with E-state index < -0.39 is 41.9 Å². The van der Waals surface area contributed by atoms with Crippen LogP contribution in [-0.2, 0) is 19.2 Å². The third-order valence-corrected chi connectivity index (χ3v) is 3.35. The van der Waals surface area contributed by atoms with Gasteiger partial charge >= 0.3 is 11.9 Å². The van der Waals surface area contributed by atoms with Crippen molar-refractivity contribution in [2.24, 2.45) is 5.73 Å². The van der Waals surface area contributed by atoms with Gasteiger partial charge in [-0.25, -0.2) is 4.79 Å². The minimum absolute atomic E-state index is 0.0812. The van der Waals surface area contributed by atoms with Crippen LogP contribution in [0.5, 0.6) is 0 Å². The summed E-state index contributed by atoms with van der Waals surface area (Å²) in [5, 5.41) is 21.8. The Balaban J connectivity index is 4.57. The van der Waals surface area contributed by atoms with Gasteiger partial charge in [0.1, 0.15) is 12.1 Å². The first-order valence-electron chi connectivity index (χ1n) is 6.25. The fourth-order valence-corrected chi connectivity index (χ4v) is 1.85. The molecule has 0 spiro atoms. The standard InChI is InChI=1S/C11H19N3O6S2/c12-5(1-2-8(15)16)9(17)13-6(3-21)10(18)14-7(4-22)11(19)20/h5-7,21-22H,1-4,12H2,(H,13,17)(H,14,18)(H,15,16)(H,19,20)/t5-,6-,7-/m0/s1. The lowest BCUT2D eigenvalue weighted by Crippen LogP contribution is -2.55. The fraction of sp³-hybridized carbons (Fsp3) is 0.636. The van der Waals surface area contributed by atoms with Crippen LogP contribution in [0.2, 0.25) is 0 Å². The minimum atomic E-state index is -1.26. The molecule has 0 aliphatic rings. The number of nitrogens with two attached hydrogens (primary N) is 1.